The molecule has 2 heterocycles. The van der Waals surface area contributed by atoms with Gasteiger partial charge in [-0.05, 0) is 65.1 Å². The van der Waals surface area contributed by atoms with Crippen LogP contribution < -0.4 is 5.32 Å². The molecule has 0 fully saturated rings. The Morgan fingerprint density at radius 3 is 2.75 bits per heavy atom. The van der Waals surface area contributed by atoms with Crippen LogP contribution in [0.1, 0.15) is 10.4 Å². The van der Waals surface area contributed by atoms with Gasteiger partial charge >= 0.3 is 0 Å². The molecule has 0 spiro atoms. The smallest absolute Gasteiger partial charge is 0.225 e. The van der Waals surface area contributed by atoms with E-state index < -0.39 is 0 Å². The molecule has 0 atom stereocenters. The molecule has 0 amide bonds. The molecule has 0 aliphatic carbocycles. The van der Waals surface area contributed by atoms with E-state index in [0.717, 1.165) is 26.2 Å². The number of aromatic nitrogens is 2. The standard InChI is InChI=1S/C14H11BrClN3S/c1-7-3-4-11(10(15)5-7)17-12-9-6-8(2)20-13(9)19-14(16)18-12/h3-6H,1-2H3,(H,17,18,19). The fraction of sp³-hybridized carbons (Fsp3) is 0.143. The van der Waals surface area contributed by atoms with Gasteiger partial charge in [0.2, 0.25) is 5.28 Å². The van der Waals surface area contributed by atoms with Crippen molar-refractivity contribution in [1.82, 2.24) is 9.97 Å². The zero-order valence-corrected chi connectivity index (χ0v) is 14.0. The van der Waals surface area contributed by atoms with Crippen LogP contribution in [0.3, 0.4) is 0 Å². The number of nitrogens with zero attached hydrogens (tertiary/aromatic N) is 2. The number of anilines is 2. The lowest BCUT2D eigenvalue weighted by Crippen LogP contribution is -1.96. The summed E-state index contributed by atoms with van der Waals surface area (Å²) in [5.74, 6) is 0.730. The fourth-order valence-electron chi connectivity index (χ4n) is 1.96. The summed E-state index contributed by atoms with van der Waals surface area (Å²) in [6.45, 7) is 4.10. The first-order valence-corrected chi connectivity index (χ1v) is 7.98. The van der Waals surface area contributed by atoms with Gasteiger partial charge in [0, 0.05) is 9.35 Å². The molecular weight excluding hydrogens is 358 g/mol. The van der Waals surface area contributed by atoms with Crippen LogP contribution in [0, 0.1) is 13.8 Å². The number of nitrogens with one attached hydrogen (secondary N) is 1. The van der Waals surface area contributed by atoms with Gasteiger partial charge in [-0.15, -0.1) is 11.3 Å². The van der Waals surface area contributed by atoms with E-state index in [1.54, 1.807) is 11.3 Å². The van der Waals surface area contributed by atoms with Gasteiger partial charge in [-0.25, -0.2) is 4.98 Å². The molecule has 0 aliphatic rings. The van der Waals surface area contributed by atoms with E-state index in [1.807, 2.05) is 19.1 Å². The van der Waals surface area contributed by atoms with Crippen LogP contribution in [0.2, 0.25) is 5.28 Å². The Morgan fingerprint density at radius 2 is 2.00 bits per heavy atom. The van der Waals surface area contributed by atoms with E-state index in [-0.39, 0.29) is 5.28 Å². The highest BCUT2D eigenvalue weighted by atomic mass is 79.9. The van der Waals surface area contributed by atoms with Gasteiger partial charge in [0.25, 0.3) is 0 Å². The molecule has 0 saturated carbocycles. The number of benzene rings is 1. The molecule has 0 unspecified atom stereocenters. The molecule has 0 bridgehead atoms. The summed E-state index contributed by atoms with van der Waals surface area (Å²) in [5, 5.41) is 4.57. The Kier molecular flexibility index (Phi) is 3.67. The van der Waals surface area contributed by atoms with Crippen molar-refractivity contribution in [1.29, 1.82) is 0 Å². The normalized spacial score (nSPS) is 11.0. The third kappa shape index (κ3) is 2.66. The van der Waals surface area contributed by atoms with Gasteiger partial charge in [0.15, 0.2) is 0 Å². The average Bonchev–Trinajstić information content (AvgIpc) is 2.73. The van der Waals surface area contributed by atoms with Gasteiger partial charge in [-0.3, -0.25) is 0 Å². The van der Waals surface area contributed by atoms with E-state index in [0.29, 0.717) is 0 Å². The molecular formula is C14H11BrClN3S. The molecule has 20 heavy (non-hydrogen) atoms. The zero-order valence-electron chi connectivity index (χ0n) is 10.9. The number of rotatable bonds is 2. The first-order valence-electron chi connectivity index (χ1n) is 6.00. The highest BCUT2D eigenvalue weighted by Gasteiger charge is 2.11. The second-order valence-corrected chi connectivity index (χ2v) is 6.95. The van der Waals surface area contributed by atoms with Crippen LogP contribution >= 0.6 is 38.9 Å². The molecule has 0 aliphatic heterocycles. The summed E-state index contributed by atoms with van der Waals surface area (Å²) in [6.07, 6.45) is 0. The highest BCUT2D eigenvalue weighted by molar-refractivity contribution is 9.10. The summed E-state index contributed by atoms with van der Waals surface area (Å²) in [4.78, 5) is 10.6. The van der Waals surface area contributed by atoms with Crippen LogP contribution in [0.4, 0.5) is 11.5 Å². The number of hydrogen-bond acceptors (Lipinski definition) is 4. The lowest BCUT2D eigenvalue weighted by atomic mass is 10.2. The summed E-state index contributed by atoms with van der Waals surface area (Å²) in [6, 6.07) is 8.19. The SMILES string of the molecule is Cc1ccc(Nc2nc(Cl)nc3sc(C)cc23)c(Br)c1. The summed E-state index contributed by atoms with van der Waals surface area (Å²) >= 11 is 11.2. The molecule has 1 aromatic carbocycles. The largest absolute Gasteiger partial charge is 0.339 e. The van der Waals surface area contributed by atoms with Crippen molar-refractivity contribution in [3.05, 3.63) is 44.5 Å². The Hall–Kier alpha value is -1.17. The highest BCUT2D eigenvalue weighted by Crippen LogP contribution is 2.33. The molecule has 0 saturated heterocycles. The molecule has 3 aromatic rings. The van der Waals surface area contributed by atoms with Crippen LogP contribution in [0.25, 0.3) is 10.2 Å². The van der Waals surface area contributed by atoms with Crippen LogP contribution in [0.5, 0.6) is 0 Å². The lowest BCUT2D eigenvalue weighted by Gasteiger charge is -2.09. The minimum atomic E-state index is 0.255. The molecule has 3 rings (SSSR count). The Morgan fingerprint density at radius 1 is 1.20 bits per heavy atom. The Balaban J connectivity index is 2.10. The summed E-state index contributed by atoms with van der Waals surface area (Å²) in [7, 11) is 0. The average molecular weight is 369 g/mol. The Labute approximate surface area is 134 Å². The maximum Gasteiger partial charge on any atom is 0.225 e. The number of hydrogen-bond donors (Lipinski definition) is 1. The fourth-order valence-corrected chi connectivity index (χ4v) is 3.65. The maximum atomic E-state index is 6.00. The molecule has 6 heteroatoms. The van der Waals surface area contributed by atoms with E-state index in [4.69, 9.17) is 11.6 Å². The van der Waals surface area contributed by atoms with Crippen LogP contribution in [0.15, 0.2) is 28.7 Å². The number of aryl methyl sites for hydroxylation is 2. The van der Waals surface area contributed by atoms with E-state index in [9.17, 15) is 0 Å². The quantitative estimate of drug-likeness (QED) is 0.610. The van der Waals surface area contributed by atoms with Crippen molar-refractivity contribution in [3.8, 4) is 0 Å². The molecule has 1 N–H and O–H groups in total. The van der Waals surface area contributed by atoms with E-state index in [1.165, 1.54) is 10.4 Å². The van der Waals surface area contributed by atoms with Crippen LogP contribution in [-0.4, -0.2) is 9.97 Å². The predicted octanol–water partition coefficient (Wildman–Crippen LogP) is 5.47. The van der Waals surface area contributed by atoms with E-state index >= 15 is 0 Å². The zero-order chi connectivity index (χ0) is 14.3. The maximum absolute atomic E-state index is 6.00. The van der Waals surface area contributed by atoms with Gasteiger partial charge < -0.3 is 5.32 Å². The molecule has 0 radical (unpaired) electrons. The second-order valence-electron chi connectivity index (χ2n) is 4.53. The third-order valence-corrected chi connectivity index (χ3v) is 4.64. The van der Waals surface area contributed by atoms with Gasteiger partial charge in [-0.1, -0.05) is 6.07 Å². The van der Waals surface area contributed by atoms with Gasteiger partial charge in [-0.2, -0.15) is 4.98 Å². The molecule has 2 aromatic heterocycles. The first kappa shape index (κ1) is 13.8. The third-order valence-electron chi connectivity index (χ3n) is 2.87. The van der Waals surface area contributed by atoms with Gasteiger partial charge in [0.1, 0.15) is 10.6 Å². The summed E-state index contributed by atoms with van der Waals surface area (Å²) in [5.41, 5.74) is 2.15. The van der Waals surface area contributed by atoms with Crippen molar-refractivity contribution < 1.29 is 0 Å². The number of fused-ring (bicyclic) bond motifs is 1. The van der Waals surface area contributed by atoms with Gasteiger partial charge in [0.05, 0.1) is 11.1 Å². The van der Waals surface area contributed by atoms with Crippen LogP contribution in [-0.2, 0) is 0 Å². The van der Waals surface area contributed by atoms with Crippen molar-refractivity contribution >= 4 is 60.6 Å². The topological polar surface area (TPSA) is 37.8 Å². The van der Waals surface area contributed by atoms with Crippen molar-refractivity contribution in [2.45, 2.75) is 13.8 Å². The van der Waals surface area contributed by atoms with Crippen molar-refractivity contribution in [3.63, 3.8) is 0 Å². The monoisotopic (exact) mass is 367 g/mol. The minimum absolute atomic E-state index is 0.255. The van der Waals surface area contributed by atoms with Crippen molar-refractivity contribution in [2.24, 2.45) is 0 Å². The molecule has 102 valence electrons. The van der Waals surface area contributed by atoms with Crippen molar-refractivity contribution in [2.75, 3.05) is 5.32 Å². The Bertz CT molecular complexity index is 800. The van der Waals surface area contributed by atoms with E-state index in [2.05, 4.69) is 50.3 Å². The first-order chi connectivity index (χ1) is 9.52. The summed E-state index contributed by atoms with van der Waals surface area (Å²) < 4.78 is 0.993. The number of halogens is 2. The molecule has 3 nitrogen and oxygen atoms in total. The minimum Gasteiger partial charge on any atom is -0.339 e. The lowest BCUT2D eigenvalue weighted by molar-refractivity contribution is 1.23. The second kappa shape index (κ2) is 5.31. The predicted molar refractivity (Wildman–Crippen MR) is 89.3 cm³/mol. The number of thiophene rings is 1.